The lowest BCUT2D eigenvalue weighted by Gasteiger charge is -2.26. The quantitative estimate of drug-likeness (QED) is 0.801. The standard InChI is InChI=1S/C18H23NOS/c1-13(20)15-9-4-5-10-16(15)19-18(14-7-2-3-8-14)17-11-6-12-21-17/h4-6,9-14,18-20H,2-3,7-8H2,1H3. The second-order valence-electron chi connectivity index (χ2n) is 5.95. The highest BCUT2D eigenvalue weighted by atomic mass is 32.1. The van der Waals surface area contributed by atoms with E-state index in [1.54, 1.807) is 0 Å². The third-order valence-corrected chi connectivity index (χ3v) is 5.40. The zero-order valence-corrected chi connectivity index (χ0v) is 13.3. The molecule has 3 heteroatoms. The molecule has 0 radical (unpaired) electrons. The molecule has 0 spiro atoms. The minimum Gasteiger partial charge on any atom is -0.389 e. The molecule has 1 aliphatic rings. The molecule has 0 amide bonds. The maximum atomic E-state index is 9.98. The summed E-state index contributed by atoms with van der Waals surface area (Å²) in [6, 6.07) is 12.8. The van der Waals surface area contributed by atoms with Crippen LogP contribution in [0.4, 0.5) is 5.69 Å². The summed E-state index contributed by atoms with van der Waals surface area (Å²) >= 11 is 1.83. The summed E-state index contributed by atoms with van der Waals surface area (Å²) in [5.74, 6) is 0.700. The van der Waals surface area contributed by atoms with Crippen LogP contribution in [0.5, 0.6) is 0 Å². The third-order valence-electron chi connectivity index (χ3n) is 4.44. The molecule has 112 valence electrons. The van der Waals surface area contributed by atoms with E-state index >= 15 is 0 Å². The number of aliphatic hydroxyl groups is 1. The Labute approximate surface area is 130 Å². The zero-order valence-electron chi connectivity index (χ0n) is 12.5. The Morgan fingerprint density at radius 2 is 1.90 bits per heavy atom. The summed E-state index contributed by atoms with van der Waals surface area (Å²) in [4.78, 5) is 1.40. The maximum absolute atomic E-state index is 9.98. The molecule has 2 N–H and O–H groups in total. The number of benzene rings is 1. The van der Waals surface area contributed by atoms with E-state index in [9.17, 15) is 5.11 Å². The Bertz CT molecular complexity index is 558. The van der Waals surface area contributed by atoms with Crippen molar-refractivity contribution in [2.75, 3.05) is 5.32 Å². The van der Waals surface area contributed by atoms with Crippen molar-refractivity contribution < 1.29 is 5.11 Å². The maximum Gasteiger partial charge on any atom is 0.0781 e. The first-order valence-corrected chi connectivity index (χ1v) is 8.70. The molecule has 0 saturated heterocycles. The van der Waals surface area contributed by atoms with Gasteiger partial charge >= 0.3 is 0 Å². The topological polar surface area (TPSA) is 32.3 Å². The van der Waals surface area contributed by atoms with Crippen LogP contribution in [0, 0.1) is 5.92 Å². The Morgan fingerprint density at radius 1 is 1.14 bits per heavy atom. The first-order chi connectivity index (χ1) is 10.3. The van der Waals surface area contributed by atoms with Crippen LogP contribution in [-0.2, 0) is 0 Å². The second-order valence-corrected chi connectivity index (χ2v) is 6.92. The molecular formula is C18H23NOS. The van der Waals surface area contributed by atoms with Gasteiger partial charge in [-0.1, -0.05) is 37.1 Å². The highest BCUT2D eigenvalue weighted by Crippen LogP contribution is 2.40. The zero-order chi connectivity index (χ0) is 14.7. The van der Waals surface area contributed by atoms with Gasteiger partial charge in [-0.15, -0.1) is 11.3 Å². The van der Waals surface area contributed by atoms with Crippen LogP contribution in [0.15, 0.2) is 41.8 Å². The van der Waals surface area contributed by atoms with Crippen molar-refractivity contribution in [3.05, 3.63) is 52.2 Å². The molecule has 3 rings (SSSR count). The van der Waals surface area contributed by atoms with Crippen molar-refractivity contribution >= 4 is 17.0 Å². The van der Waals surface area contributed by atoms with E-state index < -0.39 is 6.10 Å². The van der Waals surface area contributed by atoms with Gasteiger partial charge in [-0.25, -0.2) is 0 Å². The average molecular weight is 301 g/mol. The molecule has 21 heavy (non-hydrogen) atoms. The van der Waals surface area contributed by atoms with Crippen molar-refractivity contribution in [2.24, 2.45) is 5.92 Å². The molecule has 1 saturated carbocycles. The minimum atomic E-state index is -0.443. The summed E-state index contributed by atoms with van der Waals surface area (Å²) < 4.78 is 0. The third kappa shape index (κ3) is 3.30. The Morgan fingerprint density at radius 3 is 2.57 bits per heavy atom. The van der Waals surface area contributed by atoms with Gasteiger partial charge in [0.1, 0.15) is 0 Å². The van der Waals surface area contributed by atoms with E-state index in [2.05, 4.69) is 28.9 Å². The fraction of sp³-hybridized carbons (Fsp3) is 0.444. The lowest BCUT2D eigenvalue weighted by molar-refractivity contribution is 0.200. The molecule has 2 nitrogen and oxygen atoms in total. The summed E-state index contributed by atoms with van der Waals surface area (Å²) in [7, 11) is 0. The van der Waals surface area contributed by atoms with Crippen LogP contribution in [-0.4, -0.2) is 5.11 Å². The molecule has 1 aromatic carbocycles. The SMILES string of the molecule is CC(O)c1ccccc1NC(c1cccs1)C1CCCC1. The smallest absolute Gasteiger partial charge is 0.0781 e. The van der Waals surface area contributed by atoms with Gasteiger partial charge in [0.2, 0.25) is 0 Å². The Kier molecular flexibility index (Phi) is 4.61. The number of aliphatic hydroxyl groups excluding tert-OH is 1. The monoisotopic (exact) mass is 301 g/mol. The summed E-state index contributed by atoms with van der Waals surface area (Å²) in [6.07, 6.45) is 4.83. The van der Waals surface area contributed by atoms with Crippen LogP contribution in [0.3, 0.4) is 0 Å². The normalized spacial score (nSPS) is 18.6. The number of para-hydroxylation sites is 1. The van der Waals surface area contributed by atoms with E-state index in [1.807, 2.05) is 36.5 Å². The second kappa shape index (κ2) is 6.63. The predicted molar refractivity (Wildman–Crippen MR) is 89.7 cm³/mol. The van der Waals surface area contributed by atoms with Crippen LogP contribution in [0.1, 0.15) is 55.2 Å². The van der Waals surface area contributed by atoms with Gasteiger partial charge in [-0.05, 0) is 43.2 Å². The van der Waals surface area contributed by atoms with Gasteiger partial charge in [-0.3, -0.25) is 0 Å². The highest BCUT2D eigenvalue weighted by molar-refractivity contribution is 7.10. The van der Waals surface area contributed by atoms with Crippen molar-refractivity contribution in [2.45, 2.75) is 44.8 Å². The molecule has 1 fully saturated rings. The van der Waals surface area contributed by atoms with E-state index in [4.69, 9.17) is 0 Å². The highest BCUT2D eigenvalue weighted by Gasteiger charge is 2.27. The first kappa shape index (κ1) is 14.6. The summed E-state index contributed by atoms with van der Waals surface area (Å²) in [5, 5.41) is 15.9. The molecule has 0 bridgehead atoms. The number of hydrogen-bond acceptors (Lipinski definition) is 3. The molecule has 1 aliphatic carbocycles. The number of thiophene rings is 1. The first-order valence-electron chi connectivity index (χ1n) is 7.82. The van der Waals surface area contributed by atoms with Crippen molar-refractivity contribution in [3.63, 3.8) is 0 Å². The lowest BCUT2D eigenvalue weighted by Crippen LogP contribution is -2.19. The van der Waals surface area contributed by atoms with Crippen molar-refractivity contribution in [1.82, 2.24) is 0 Å². The molecule has 1 aromatic heterocycles. The van der Waals surface area contributed by atoms with Crippen LogP contribution < -0.4 is 5.32 Å². The fourth-order valence-corrected chi connectivity index (χ4v) is 4.21. The van der Waals surface area contributed by atoms with E-state index in [0.717, 1.165) is 11.3 Å². The summed E-state index contributed by atoms with van der Waals surface area (Å²) in [5.41, 5.74) is 2.05. The number of nitrogens with one attached hydrogen (secondary N) is 1. The van der Waals surface area contributed by atoms with Crippen LogP contribution >= 0.6 is 11.3 Å². The molecule has 1 heterocycles. The van der Waals surface area contributed by atoms with Gasteiger partial charge in [0.25, 0.3) is 0 Å². The Hall–Kier alpha value is -1.32. The van der Waals surface area contributed by atoms with Crippen molar-refractivity contribution in [3.8, 4) is 0 Å². The van der Waals surface area contributed by atoms with Gasteiger partial charge < -0.3 is 10.4 Å². The van der Waals surface area contributed by atoms with Crippen LogP contribution in [0.25, 0.3) is 0 Å². The number of rotatable bonds is 5. The largest absolute Gasteiger partial charge is 0.389 e. The van der Waals surface area contributed by atoms with Gasteiger partial charge in [0, 0.05) is 16.1 Å². The lowest BCUT2D eigenvalue weighted by atomic mass is 9.95. The minimum absolute atomic E-state index is 0.368. The molecule has 2 aromatic rings. The van der Waals surface area contributed by atoms with Crippen molar-refractivity contribution in [1.29, 1.82) is 0 Å². The molecule has 0 aliphatic heterocycles. The van der Waals surface area contributed by atoms with Gasteiger partial charge in [-0.2, -0.15) is 0 Å². The number of hydrogen-bond donors (Lipinski definition) is 2. The predicted octanol–water partition coefficient (Wildman–Crippen LogP) is 5.14. The summed E-state index contributed by atoms with van der Waals surface area (Å²) in [6.45, 7) is 1.83. The van der Waals surface area contributed by atoms with Crippen LogP contribution in [0.2, 0.25) is 0 Å². The molecular weight excluding hydrogens is 278 g/mol. The fourth-order valence-electron chi connectivity index (χ4n) is 3.34. The molecule has 2 unspecified atom stereocenters. The number of anilines is 1. The average Bonchev–Trinajstić information content (AvgIpc) is 3.18. The van der Waals surface area contributed by atoms with Gasteiger partial charge in [0.15, 0.2) is 0 Å². The van der Waals surface area contributed by atoms with Gasteiger partial charge in [0.05, 0.1) is 12.1 Å². The van der Waals surface area contributed by atoms with E-state index in [-0.39, 0.29) is 0 Å². The van der Waals surface area contributed by atoms with E-state index in [1.165, 1.54) is 30.6 Å². The Balaban J connectivity index is 1.88. The van der Waals surface area contributed by atoms with E-state index in [0.29, 0.717) is 12.0 Å². The molecule has 2 atom stereocenters.